The average molecular weight is 297 g/mol. The average Bonchev–Trinajstić information content (AvgIpc) is 2.58. The van der Waals surface area contributed by atoms with Crippen LogP contribution in [0.15, 0.2) is 48.7 Å². The van der Waals surface area contributed by atoms with Gasteiger partial charge in [0.25, 0.3) is 0 Å². The third-order valence-corrected chi connectivity index (χ3v) is 3.90. The van der Waals surface area contributed by atoms with Crippen molar-refractivity contribution in [3.63, 3.8) is 0 Å². The normalized spacial score (nSPS) is 14.9. The van der Waals surface area contributed by atoms with Gasteiger partial charge in [0.1, 0.15) is 11.6 Å². The number of nitrogens with zero attached hydrogens (tertiary/aromatic N) is 3. The fourth-order valence-corrected chi connectivity index (χ4v) is 2.63. The molecule has 0 unspecified atom stereocenters. The molecule has 5 nitrogen and oxygen atoms in total. The molecule has 1 N–H and O–H groups in total. The Kier molecular flexibility index (Phi) is 4.23. The first kappa shape index (κ1) is 14.4. The summed E-state index contributed by atoms with van der Waals surface area (Å²) in [5.41, 5.74) is 0.926. The summed E-state index contributed by atoms with van der Waals surface area (Å²) >= 11 is 0. The number of carbonyl (C=O) groups excluding carboxylic acids is 1. The second kappa shape index (κ2) is 6.47. The number of anilines is 1. The second-order valence-corrected chi connectivity index (χ2v) is 5.40. The molecular weight excluding hydrogens is 278 g/mol. The Labute approximate surface area is 129 Å². The van der Waals surface area contributed by atoms with Crippen molar-refractivity contribution in [2.24, 2.45) is 0 Å². The Morgan fingerprint density at radius 3 is 2.41 bits per heavy atom. The van der Waals surface area contributed by atoms with E-state index >= 15 is 0 Å². The Hall–Kier alpha value is -2.56. The van der Waals surface area contributed by atoms with Crippen molar-refractivity contribution in [3.05, 3.63) is 54.2 Å². The molecular formula is C17H19N3O2. The number of carbonyl (C=O) groups is 1. The fourth-order valence-electron chi connectivity index (χ4n) is 2.63. The van der Waals surface area contributed by atoms with E-state index < -0.39 is 0 Å². The van der Waals surface area contributed by atoms with Gasteiger partial charge in [-0.2, -0.15) is 0 Å². The van der Waals surface area contributed by atoms with Gasteiger partial charge < -0.3 is 14.9 Å². The highest BCUT2D eigenvalue weighted by Gasteiger charge is 2.21. The summed E-state index contributed by atoms with van der Waals surface area (Å²) in [4.78, 5) is 20.8. The summed E-state index contributed by atoms with van der Waals surface area (Å²) in [6.45, 7) is 3.04. The molecule has 0 atom stereocenters. The molecule has 0 spiro atoms. The van der Waals surface area contributed by atoms with Crippen LogP contribution in [0.25, 0.3) is 0 Å². The lowest BCUT2D eigenvalue weighted by Crippen LogP contribution is -2.49. The number of amides is 1. The quantitative estimate of drug-likeness (QED) is 0.936. The molecule has 2 heterocycles. The molecule has 1 aromatic heterocycles. The fraction of sp³-hybridized carbons (Fsp3) is 0.294. The van der Waals surface area contributed by atoms with Gasteiger partial charge in [-0.15, -0.1) is 0 Å². The topological polar surface area (TPSA) is 56.7 Å². The Morgan fingerprint density at radius 1 is 1.05 bits per heavy atom. The monoisotopic (exact) mass is 297 g/mol. The van der Waals surface area contributed by atoms with Crippen LogP contribution >= 0.6 is 0 Å². The van der Waals surface area contributed by atoms with Gasteiger partial charge in [-0.25, -0.2) is 4.98 Å². The number of phenolic OH excluding ortho intramolecular Hbond substituents is 1. The molecule has 1 saturated heterocycles. The largest absolute Gasteiger partial charge is 0.508 e. The Bertz CT molecular complexity index is 620. The highest BCUT2D eigenvalue weighted by molar-refractivity contribution is 5.79. The number of benzene rings is 1. The summed E-state index contributed by atoms with van der Waals surface area (Å²) in [5.74, 6) is 1.32. The van der Waals surface area contributed by atoms with Crippen LogP contribution in [0.2, 0.25) is 0 Å². The standard InChI is InChI=1S/C17H19N3O2/c21-15-6-4-14(5-7-15)13-17(22)20-11-9-19(10-12-20)16-3-1-2-8-18-16/h1-8,21H,9-13H2. The molecule has 1 fully saturated rings. The van der Waals surface area contributed by atoms with Gasteiger partial charge in [0, 0.05) is 32.4 Å². The molecule has 0 bridgehead atoms. The lowest BCUT2D eigenvalue weighted by molar-refractivity contribution is -0.130. The summed E-state index contributed by atoms with van der Waals surface area (Å²) < 4.78 is 0. The number of hydrogen-bond donors (Lipinski definition) is 1. The van der Waals surface area contributed by atoms with Crippen molar-refractivity contribution in [2.75, 3.05) is 31.1 Å². The number of aromatic nitrogens is 1. The van der Waals surface area contributed by atoms with E-state index in [0.29, 0.717) is 19.5 Å². The molecule has 0 aliphatic carbocycles. The maximum Gasteiger partial charge on any atom is 0.227 e. The second-order valence-electron chi connectivity index (χ2n) is 5.40. The maximum absolute atomic E-state index is 12.3. The number of phenols is 1. The highest BCUT2D eigenvalue weighted by atomic mass is 16.3. The van der Waals surface area contributed by atoms with Gasteiger partial charge in [-0.3, -0.25) is 4.79 Å². The minimum absolute atomic E-state index is 0.131. The lowest BCUT2D eigenvalue weighted by atomic mass is 10.1. The van der Waals surface area contributed by atoms with E-state index in [1.165, 1.54) is 0 Å². The van der Waals surface area contributed by atoms with E-state index in [1.807, 2.05) is 23.1 Å². The summed E-state index contributed by atoms with van der Waals surface area (Å²) in [6.07, 6.45) is 2.17. The predicted molar refractivity (Wildman–Crippen MR) is 84.8 cm³/mol. The molecule has 5 heteroatoms. The van der Waals surface area contributed by atoms with Crippen LogP contribution in [-0.4, -0.2) is 47.1 Å². The Morgan fingerprint density at radius 2 is 1.77 bits per heavy atom. The number of aromatic hydroxyl groups is 1. The molecule has 1 amide bonds. The van der Waals surface area contributed by atoms with Gasteiger partial charge in [0.2, 0.25) is 5.91 Å². The van der Waals surface area contributed by atoms with Crippen molar-refractivity contribution in [2.45, 2.75) is 6.42 Å². The molecule has 2 aromatic rings. The molecule has 0 saturated carbocycles. The molecule has 1 aliphatic rings. The summed E-state index contributed by atoms with van der Waals surface area (Å²) in [5, 5.41) is 9.27. The molecule has 22 heavy (non-hydrogen) atoms. The van der Waals surface area contributed by atoms with E-state index in [4.69, 9.17) is 0 Å². The van der Waals surface area contributed by atoms with Crippen LogP contribution in [0.5, 0.6) is 5.75 Å². The minimum atomic E-state index is 0.131. The molecule has 1 aliphatic heterocycles. The zero-order chi connectivity index (χ0) is 15.4. The number of hydrogen-bond acceptors (Lipinski definition) is 4. The zero-order valence-electron chi connectivity index (χ0n) is 12.4. The van der Waals surface area contributed by atoms with E-state index in [2.05, 4.69) is 9.88 Å². The molecule has 0 radical (unpaired) electrons. The summed E-state index contributed by atoms with van der Waals surface area (Å²) in [7, 11) is 0. The highest BCUT2D eigenvalue weighted by Crippen LogP contribution is 2.14. The van der Waals surface area contributed by atoms with Crippen LogP contribution in [0.4, 0.5) is 5.82 Å². The first-order valence-electron chi connectivity index (χ1n) is 7.44. The van der Waals surface area contributed by atoms with Crippen molar-refractivity contribution < 1.29 is 9.90 Å². The maximum atomic E-state index is 12.3. The van der Waals surface area contributed by atoms with Gasteiger partial charge >= 0.3 is 0 Å². The number of piperazine rings is 1. The zero-order valence-corrected chi connectivity index (χ0v) is 12.4. The third kappa shape index (κ3) is 3.36. The van der Waals surface area contributed by atoms with Gasteiger partial charge in [-0.05, 0) is 29.8 Å². The van der Waals surface area contributed by atoms with Crippen molar-refractivity contribution in [3.8, 4) is 5.75 Å². The van der Waals surface area contributed by atoms with E-state index in [1.54, 1.807) is 30.5 Å². The van der Waals surface area contributed by atoms with Crippen LogP contribution in [-0.2, 0) is 11.2 Å². The first-order valence-corrected chi connectivity index (χ1v) is 7.44. The first-order chi connectivity index (χ1) is 10.7. The van der Waals surface area contributed by atoms with Crippen LogP contribution in [0.1, 0.15) is 5.56 Å². The SMILES string of the molecule is O=C(Cc1ccc(O)cc1)N1CCN(c2ccccn2)CC1. The van der Waals surface area contributed by atoms with Gasteiger partial charge in [0.05, 0.1) is 6.42 Å². The molecule has 114 valence electrons. The third-order valence-electron chi connectivity index (χ3n) is 3.90. The molecule has 1 aromatic carbocycles. The number of pyridine rings is 1. The van der Waals surface area contributed by atoms with Gasteiger partial charge in [0.15, 0.2) is 0 Å². The van der Waals surface area contributed by atoms with Crippen molar-refractivity contribution in [1.29, 1.82) is 0 Å². The van der Waals surface area contributed by atoms with Crippen LogP contribution in [0.3, 0.4) is 0 Å². The number of rotatable bonds is 3. The van der Waals surface area contributed by atoms with Gasteiger partial charge in [-0.1, -0.05) is 18.2 Å². The van der Waals surface area contributed by atoms with Crippen LogP contribution < -0.4 is 4.90 Å². The van der Waals surface area contributed by atoms with E-state index in [9.17, 15) is 9.90 Å². The predicted octanol–water partition coefficient (Wildman–Crippen LogP) is 1.68. The molecule has 3 rings (SSSR count). The Balaban J connectivity index is 1.54. The minimum Gasteiger partial charge on any atom is -0.508 e. The smallest absolute Gasteiger partial charge is 0.227 e. The van der Waals surface area contributed by atoms with Crippen molar-refractivity contribution >= 4 is 11.7 Å². The lowest BCUT2D eigenvalue weighted by Gasteiger charge is -2.35. The van der Waals surface area contributed by atoms with E-state index in [0.717, 1.165) is 24.5 Å². The van der Waals surface area contributed by atoms with Crippen molar-refractivity contribution in [1.82, 2.24) is 9.88 Å². The summed E-state index contributed by atoms with van der Waals surface area (Å²) in [6, 6.07) is 12.7. The van der Waals surface area contributed by atoms with E-state index in [-0.39, 0.29) is 11.7 Å². The van der Waals surface area contributed by atoms with Crippen LogP contribution in [0, 0.1) is 0 Å².